The largest absolute Gasteiger partial charge is 0.323 e. The van der Waals surface area contributed by atoms with E-state index in [2.05, 4.69) is 36.1 Å². The maximum absolute atomic E-state index is 6.64. The van der Waals surface area contributed by atoms with Crippen LogP contribution in [0.15, 0.2) is 24.3 Å². The van der Waals surface area contributed by atoms with E-state index in [1.807, 2.05) is 0 Å². The predicted molar refractivity (Wildman–Crippen MR) is 82.6 cm³/mol. The third kappa shape index (κ3) is 1.93. The Hall–Kier alpha value is -0.860. The van der Waals surface area contributed by atoms with Crippen molar-refractivity contribution < 1.29 is 0 Å². The van der Waals surface area contributed by atoms with Gasteiger partial charge < -0.3 is 5.73 Å². The molecule has 1 aromatic carbocycles. The minimum absolute atomic E-state index is 0.209. The van der Waals surface area contributed by atoms with Gasteiger partial charge >= 0.3 is 0 Å². The van der Waals surface area contributed by atoms with E-state index in [1.54, 1.807) is 0 Å². The number of nitrogens with zero attached hydrogens (tertiary/aromatic N) is 1. The van der Waals surface area contributed by atoms with Gasteiger partial charge in [-0.05, 0) is 48.1 Å². The quantitative estimate of drug-likeness (QED) is 0.848. The van der Waals surface area contributed by atoms with Crippen LogP contribution in [0.3, 0.4) is 0 Å². The zero-order chi connectivity index (χ0) is 13.7. The number of likely N-dealkylation sites (tertiary alicyclic amines) is 1. The van der Waals surface area contributed by atoms with Crippen molar-refractivity contribution in [3.8, 4) is 0 Å². The molecule has 0 amide bonds. The van der Waals surface area contributed by atoms with Gasteiger partial charge in [0.15, 0.2) is 0 Å². The van der Waals surface area contributed by atoms with Gasteiger partial charge in [-0.25, -0.2) is 0 Å². The minimum Gasteiger partial charge on any atom is -0.323 e. The Morgan fingerprint density at radius 1 is 1.05 bits per heavy atom. The average Bonchev–Trinajstić information content (AvgIpc) is 3.04. The molecular formula is C18H26N2. The molecule has 2 aliphatic carbocycles. The number of nitrogens with two attached hydrogens (primary N) is 1. The lowest BCUT2D eigenvalue weighted by molar-refractivity contribution is 0.169. The van der Waals surface area contributed by atoms with Crippen LogP contribution < -0.4 is 5.73 Å². The van der Waals surface area contributed by atoms with Crippen LogP contribution in [-0.2, 0) is 0 Å². The Labute approximate surface area is 122 Å². The van der Waals surface area contributed by atoms with E-state index < -0.39 is 0 Å². The molecule has 1 heterocycles. The molecule has 108 valence electrons. The lowest BCUT2D eigenvalue weighted by atomic mass is 9.78. The zero-order valence-corrected chi connectivity index (χ0v) is 12.5. The molecular weight excluding hydrogens is 244 g/mol. The van der Waals surface area contributed by atoms with Crippen molar-refractivity contribution >= 4 is 0 Å². The van der Waals surface area contributed by atoms with E-state index in [0.29, 0.717) is 12.0 Å². The Morgan fingerprint density at radius 3 is 2.40 bits per heavy atom. The molecule has 1 aromatic rings. The summed E-state index contributed by atoms with van der Waals surface area (Å²) in [5.41, 5.74) is 9.52. The van der Waals surface area contributed by atoms with Crippen molar-refractivity contribution in [2.75, 3.05) is 13.1 Å². The fourth-order valence-electron chi connectivity index (χ4n) is 5.02. The summed E-state index contributed by atoms with van der Waals surface area (Å²) in [5.74, 6) is 2.58. The van der Waals surface area contributed by atoms with Crippen molar-refractivity contribution in [2.24, 2.45) is 17.6 Å². The third-order valence-corrected chi connectivity index (χ3v) is 6.12. The molecule has 0 radical (unpaired) electrons. The molecule has 3 aliphatic rings. The van der Waals surface area contributed by atoms with Gasteiger partial charge in [-0.15, -0.1) is 0 Å². The van der Waals surface area contributed by atoms with Gasteiger partial charge in [0.2, 0.25) is 0 Å². The van der Waals surface area contributed by atoms with Crippen LogP contribution in [0, 0.1) is 11.8 Å². The van der Waals surface area contributed by atoms with Gasteiger partial charge in [-0.1, -0.05) is 37.6 Å². The smallest absolute Gasteiger partial charge is 0.0456 e. The van der Waals surface area contributed by atoms with Gasteiger partial charge in [-0.3, -0.25) is 4.90 Å². The molecule has 1 saturated heterocycles. The molecule has 2 heteroatoms. The van der Waals surface area contributed by atoms with Crippen LogP contribution in [0.1, 0.15) is 55.7 Å². The molecule has 2 nitrogen and oxygen atoms in total. The van der Waals surface area contributed by atoms with E-state index in [1.165, 1.54) is 49.9 Å². The van der Waals surface area contributed by atoms with Crippen LogP contribution in [-0.4, -0.2) is 24.0 Å². The molecule has 2 N–H and O–H groups in total. The van der Waals surface area contributed by atoms with E-state index in [0.717, 1.165) is 11.8 Å². The van der Waals surface area contributed by atoms with Gasteiger partial charge in [0.1, 0.15) is 0 Å². The Bertz CT molecular complexity index is 486. The van der Waals surface area contributed by atoms with Gasteiger partial charge in [0.25, 0.3) is 0 Å². The molecule has 4 rings (SSSR count). The number of rotatable bonds is 1. The van der Waals surface area contributed by atoms with Crippen molar-refractivity contribution in [2.45, 2.75) is 50.6 Å². The van der Waals surface area contributed by atoms with E-state index in [-0.39, 0.29) is 6.04 Å². The Morgan fingerprint density at radius 2 is 1.70 bits per heavy atom. The van der Waals surface area contributed by atoms with Gasteiger partial charge in [0.05, 0.1) is 0 Å². The van der Waals surface area contributed by atoms with E-state index >= 15 is 0 Å². The van der Waals surface area contributed by atoms with Crippen molar-refractivity contribution in [3.63, 3.8) is 0 Å². The third-order valence-electron chi connectivity index (χ3n) is 6.12. The number of hydrogen-bond donors (Lipinski definition) is 1. The maximum atomic E-state index is 6.64. The summed E-state index contributed by atoms with van der Waals surface area (Å²) in [6, 6.07) is 9.59. The highest BCUT2D eigenvalue weighted by molar-refractivity contribution is 5.36. The highest BCUT2D eigenvalue weighted by atomic mass is 15.2. The summed E-state index contributed by atoms with van der Waals surface area (Å²) in [6.45, 7) is 4.98. The molecule has 1 saturated carbocycles. The summed E-state index contributed by atoms with van der Waals surface area (Å²) in [4.78, 5) is 2.73. The van der Waals surface area contributed by atoms with Crippen LogP contribution in [0.2, 0.25) is 0 Å². The summed E-state index contributed by atoms with van der Waals surface area (Å²) in [7, 11) is 0. The van der Waals surface area contributed by atoms with E-state index in [9.17, 15) is 0 Å². The molecule has 0 aromatic heterocycles. The highest BCUT2D eigenvalue weighted by Crippen LogP contribution is 2.44. The summed E-state index contributed by atoms with van der Waals surface area (Å²) in [6.07, 6.45) is 5.60. The molecule has 1 aliphatic heterocycles. The summed E-state index contributed by atoms with van der Waals surface area (Å²) < 4.78 is 0. The van der Waals surface area contributed by atoms with Crippen LogP contribution in [0.4, 0.5) is 0 Å². The SMILES string of the molecule is CC1CC(N2CC3CCCC3C2)C(N)c2ccccc21. The summed E-state index contributed by atoms with van der Waals surface area (Å²) in [5, 5.41) is 0. The van der Waals surface area contributed by atoms with Crippen molar-refractivity contribution in [3.05, 3.63) is 35.4 Å². The average molecular weight is 270 g/mol. The maximum Gasteiger partial charge on any atom is 0.0456 e. The summed E-state index contributed by atoms with van der Waals surface area (Å²) >= 11 is 0. The second-order valence-electron chi connectivity index (χ2n) is 7.26. The fourth-order valence-corrected chi connectivity index (χ4v) is 5.02. The normalized spacial score (nSPS) is 40.6. The van der Waals surface area contributed by atoms with Gasteiger partial charge in [0, 0.05) is 25.2 Å². The Balaban J connectivity index is 1.58. The monoisotopic (exact) mass is 270 g/mol. The molecule has 5 unspecified atom stereocenters. The first-order valence-electron chi connectivity index (χ1n) is 8.32. The standard InChI is InChI=1S/C18H26N2/c1-12-9-17(18(19)16-8-3-2-7-15(12)16)20-10-13-5-4-6-14(13)11-20/h2-3,7-8,12-14,17-18H,4-6,9-11,19H2,1H3. The van der Waals surface area contributed by atoms with Crippen LogP contribution in [0.25, 0.3) is 0 Å². The molecule has 0 spiro atoms. The highest BCUT2D eigenvalue weighted by Gasteiger charge is 2.42. The zero-order valence-electron chi connectivity index (χ0n) is 12.5. The van der Waals surface area contributed by atoms with Gasteiger partial charge in [-0.2, -0.15) is 0 Å². The first kappa shape index (κ1) is 12.8. The number of fused-ring (bicyclic) bond motifs is 2. The first-order chi connectivity index (χ1) is 9.74. The van der Waals surface area contributed by atoms with Crippen LogP contribution >= 0.6 is 0 Å². The predicted octanol–water partition coefficient (Wildman–Crippen LogP) is 3.29. The van der Waals surface area contributed by atoms with Crippen molar-refractivity contribution in [1.29, 1.82) is 0 Å². The number of hydrogen-bond acceptors (Lipinski definition) is 2. The second-order valence-corrected chi connectivity index (χ2v) is 7.26. The van der Waals surface area contributed by atoms with Crippen molar-refractivity contribution in [1.82, 2.24) is 4.90 Å². The molecule has 5 atom stereocenters. The number of benzene rings is 1. The second kappa shape index (κ2) is 4.85. The van der Waals surface area contributed by atoms with Crippen LogP contribution in [0.5, 0.6) is 0 Å². The topological polar surface area (TPSA) is 29.3 Å². The molecule has 2 fully saturated rings. The fraction of sp³-hybridized carbons (Fsp3) is 0.667. The Kier molecular flexibility index (Phi) is 3.12. The minimum atomic E-state index is 0.209. The first-order valence-corrected chi connectivity index (χ1v) is 8.32. The molecule has 20 heavy (non-hydrogen) atoms. The van der Waals surface area contributed by atoms with E-state index in [4.69, 9.17) is 5.73 Å². The molecule has 0 bridgehead atoms. The lowest BCUT2D eigenvalue weighted by Gasteiger charge is -2.40. The lowest BCUT2D eigenvalue weighted by Crippen LogP contribution is -2.45.